The highest BCUT2D eigenvalue weighted by atomic mass is 35.5. The van der Waals surface area contributed by atoms with Gasteiger partial charge in [-0.25, -0.2) is 0 Å². The van der Waals surface area contributed by atoms with Crippen molar-refractivity contribution in [3.8, 4) is 0 Å². The van der Waals surface area contributed by atoms with E-state index in [1.165, 1.54) is 4.90 Å². The van der Waals surface area contributed by atoms with Gasteiger partial charge in [-0.05, 0) is 32.1 Å². The largest absolute Gasteiger partial charge is 0.283 e. The average molecular weight is 338 g/mol. The van der Waals surface area contributed by atoms with E-state index in [0.29, 0.717) is 31.1 Å². The maximum Gasteiger partial charge on any atom is 0.229 e. The van der Waals surface area contributed by atoms with E-state index in [2.05, 4.69) is 6.92 Å². The van der Waals surface area contributed by atoms with E-state index in [0.717, 1.165) is 51.4 Å². The Morgan fingerprint density at radius 3 is 1.71 bits per heavy atom. The molecular weight excluding hydrogens is 309 g/mol. The van der Waals surface area contributed by atoms with Gasteiger partial charge in [-0.2, -0.15) is 0 Å². The van der Waals surface area contributed by atoms with Crippen LogP contribution in [0.5, 0.6) is 0 Å². The average Bonchev–Trinajstić information content (AvgIpc) is 2.47. The molecule has 0 radical (unpaired) electrons. The summed E-state index contributed by atoms with van der Waals surface area (Å²) in [7, 11) is 0. The summed E-state index contributed by atoms with van der Waals surface area (Å²) in [5.74, 6) is 1.03. The van der Waals surface area contributed by atoms with Gasteiger partial charge in [0, 0.05) is 31.1 Å². The van der Waals surface area contributed by atoms with E-state index in [9.17, 15) is 9.59 Å². The number of hydrogen-bond acceptors (Lipinski definition) is 2. The van der Waals surface area contributed by atoms with Gasteiger partial charge in [0.2, 0.25) is 11.8 Å². The smallest absolute Gasteiger partial charge is 0.229 e. The summed E-state index contributed by atoms with van der Waals surface area (Å²) >= 11 is 11.3. The third-order valence-corrected chi connectivity index (χ3v) is 3.92. The normalized spacial score (nSPS) is 10.6. The predicted molar refractivity (Wildman–Crippen MR) is 90.0 cm³/mol. The van der Waals surface area contributed by atoms with Crippen LogP contribution in [0.1, 0.15) is 71.1 Å². The van der Waals surface area contributed by atoms with Gasteiger partial charge < -0.3 is 0 Å². The van der Waals surface area contributed by atoms with Crippen LogP contribution in [0.25, 0.3) is 0 Å². The third-order valence-electron chi connectivity index (χ3n) is 3.39. The number of amides is 2. The van der Waals surface area contributed by atoms with Crippen molar-refractivity contribution in [1.29, 1.82) is 0 Å². The van der Waals surface area contributed by atoms with Gasteiger partial charge in [0.1, 0.15) is 0 Å². The zero-order valence-corrected chi connectivity index (χ0v) is 14.7. The number of unbranched alkanes of at least 4 members (excludes halogenated alkanes) is 5. The number of nitrogens with zero attached hydrogens (tertiary/aromatic N) is 1. The summed E-state index contributed by atoms with van der Waals surface area (Å²) in [6.45, 7) is 2.70. The van der Waals surface area contributed by atoms with Gasteiger partial charge in [0.25, 0.3) is 0 Å². The highest BCUT2D eigenvalue weighted by Crippen LogP contribution is 2.10. The third kappa shape index (κ3) is 11.0. The molecule has 0 heterocycles. The van der Waals surface area contributed by atoms with Crippen molar-refractivity contribution in [1.82, 2.24) is 4.90 Å². The van der Waals surface area contributed by atoms with Crippen molar-refractivity contribution in [2.24, 2.45) is 0 Å². The molecule has 0 unspecified atom stereocenters. The minimum absolute atomic E-state index is 0.0486. The zero-order valence-electron chi connectivity index (χ0n) is 13.2. The summed E-state index contributed by atoms with van der Waals surface area (Å²) in [6, 6.07) is 0. The zero-order chi connectivity index (χ0) is 15.9. The first-order chi connectivity index (χ1) is 10.2. The van der Waals surface area contributed by atoms with Crippen LogP contribution < -0.4 is 0 Å². The first-order valence-corrected chi connectivity index (χ1v) is 9.19. The molecule has 2 amide bonds. The Balaban J connectivity index is 4.30. The van der Waals surface area contributed by atoms with Gasteiger partial charge in [-0.3, -0.25) is 14.5 Å². The van der Waals surface area contributed by atoms with Crippen LogP contribution in [0.15, 0.2) is 0 Å². The number of carbonyl (C=O) groups is 2. The SMILES string of the molecule is CCCCCCN(C(=O)CCCCCl)C(=O)CCCCCl. The number of halogens is 2. The fourth-order valence-corrected chi connectivity index (χ4v) is 2.47. The molecular formula is C16H29Cl2NO2. The molecule has 0 aliphatic rings. The number of carbonyl (C=O) groups excluding carboxylic acids is 2. The summed E-state index contributed by atoms with van der Waals surface area (Å²) in [4.78, 5) is 25.8. The monoisotopic (exact) mass is 337 g/mol. The van der Waals surface area contributed by atoms with Crippen LogP contribution in [0.2, 0.25) is 0 Å². The molecule has 5 heteroatoms. The fraction of sp³-hybridized carbons (Fsp3) is 0.875. The second-order valence-electron chi connectivity index (χ2n) is 5.29. The van der Waals surface area contributed by atoms with Crippen LogP contribution in [-0.2, 0) is 9.59 Å². The molecule has 0 saturated carbocycles. The quantitative estimate of drug-likeness (QED) is 0.359. The molecule has 21 heavy (non-hydrogen) atoms. The first kappa shape index (κ1) is 20.7. The van der Waals surface area contributed by atoms with E-state index >= 15 is 0 Å². The maximum atomic E-state index is 12.2. The molecule has 0 atom stereocenters. The maximum absolute atomic E-state index is 12.2. The Morgan fingerprint density at radius 2 is 1.29 bits per heavy atom. The predicted octanol–water partition coefficient (Wildman–Crippen LogP) is 4.74. The van der Waals surface area contributed by atoms with Gasteiger partial charge in [0.05, 0.1) is 0 Å². The Labute approximate surface area is 139 Å². The highest BCUT2D eigenvalue weighted by Gasteiger charge is 2.19. The second-order valence-corrected chi connectivity index (χ2v) is 6.05. The Kier molecular flexibility index (Phi) is 14.5. The second kappa shape index (κ2) is 14.6. The van der Waals surface area contributed by atoms with Gasteiger partial charge in [-0.15, -0.1) is 23.2 Å². The van der Waals surface area contributed by atoms with E-state index in [1.54, 1.807) is 0 Å². The van der Waals surface area contributed by atoms with E-state index in [4.69, 9.17) is 23.2 Å². The molecule has 0 aliphatic heterocycles. The standard InChI is InChI=1S/C16H29Cl2NO2/c1-2-3-4-9-14-19(15(20)10-5-7-12-17)16(21)11-6-8-13-18/h2-14H2,1H3. The summed E-state index contributed by atoms with van der Waals surface area (Å²) in [5.41, 5.74) is 0. The summed E-state index contributed by atoms with van der Waals surface area (Å²) < 4.78 is 0. The molecule has 0 N–H and O–H groups in total. The fourth-order valence-electron chi connectivity index (χ4n) is 2.10. The van der Waals surface area contributed by atoms with Gasteiger partial charge in [-0.1, -0.05) is 26.2 Å². The molecule has 0 aromatic carbocycles. The Bertz CT molecular complexity index is 263. The Hall–Kier alpha value is -0.280. The lowest BCUT2D eigenvalue weighted by atomic mass is 10.1. The number of alkyl halides is 2. The molecule has 124 valence electrons. The summed E-state index contributed by atoms with van der Waals surface area (Å²) in [6.07, 6.45) is 8.24. The van der Waals surface area contributed by atoms with Crippen molar-refractivity contribution in [3.63, 3.8) is 0 Å². The number of rotatable bonds is 13. The summed E-state index contributed by atoms with van der Waals surface area (Å²) in [5, 5.41) is 0. The molecule has 0 rings (SSSR count). The molecule has 3 nitrogen and oxygen atoms in total. The lowest BCUT2D eigenvalue weighted by Gasteiger charge is -2.21. The van der Waals surface area contributed by atoms with Crippen LogP contribution in [0.3, 0.4) is 0 Å². The molecule has 0 fully saturated rings. The first-order valence-electron chi connectivity index (χ1n) is 8.12. The lowest BCUT2D eigenvalue weighted by Crippen LogP contribution is -2.37. The highest BCUT2D eigenvalue weighted by molar-refractivity contribution is 6.18. The van der Waals surface area contributed by atoms with E-state index in [-0.39, 0.29) is 11.8 Å². The molecule has 0 aliphatic carbocycles. The number of hydrogen-bond donors (Lipinski definition) is 0. The minimum atomic E-state index is -0.0486. The molecule has 0 aromatic heterocycles. The van der Waals surface area contributed by atoms with E-state index in [1.807, 2.05) is 0 Å². The number of imide groups is 1. The van der Waals surface area contributed by atoms with Crippen molar-refractivity contribution >= 4 is 35.0 Å². The Morgan fingerprint density at radius 1 is 0.762 bits per heavy atom. The molecule has 0 spiro atoms. The molecule has 0 saturated heterocycles. The van der Waals surface area contributed by atoms with Gasteiger partial charge >= 0.3 is 0 Å². The van der Waals surface area contributed by atoms with Crippen LogP contribution in [0.4, 0.5) is 0 Å². The van der Waals surface area contributed by atoms with Gasteiger partial charge in [0.15, 0.2) is 0 Å². The van der Waals surface area contributed by atoms with Crippen LogP contribution >= 0.6 is 23.2 Å². The lowest BCUT2D eigenvalue weighted by molar-refractivity contribution is -0.145. The van der Waals surface area contributed by atoms with Crippen LogP contribution in [-0.4, -0.2) is 35.0 Å². The molecule has 0 bridgehead atoms. The van der Waals surface area contributed by atoms with Crippen molar-refractivity contribution < 1.29 is 9.59 Å². The van der Waals surface area contributed by atoms with Crippen LogP contribution in [0, 0.1) is 0 Å². The minimum Gasteiger partial charge on any atom is -0.283 e. The van der Waals surface area contributed by atoms with Crippen molar-refractivity contribution in [2.75, 3.05) is 18.3 Å². The van der Waals surface area contributed by atoms with E-state index < -0.39 is 0 Å². The van der Waals surface area contributed by atoms with Crippen molar-refractivity contribution in [3.05, 3.63) is 0 Å². The topological polar surface area (TPSA) is 37.4 Å². The van der Waals surface area contributed by atoms with Crippen molar-refractivity contribution in [2.45, 2.75) is 71.1 Å². The molecule has 0 aromatic rings.